The summed E-state index contributed by atoms with van der Waals surface area (Å²) in [6, 6.07) is 1.88. The van der Waals surface area contributed by atoms with Gasteiger partial charge in [-0.3, -0.25) is 0 Å². The molecule has 1 N–H and O–H groups in total. The Bertz CT molecular complexity index is 449. The fourth-order valence-electron chi connectivity index (χ4n) is 1.60. The van der Waals surface area contributed by atoms with Gasteiger partial charge in [0.2, 0.25) is 0 Å². The van der Waals surface area contributed by atoms with Crippen molar-refractivity contribution in [2.24, 2.45) is 0 Å². The molecule has 0 amide bonds. The molecule has 1 aromatic carbocycles. The van der Waals surface area contributed by atoms with E-state index >= 15 is 0 Å². The molecule has 0 saturated heterocycles. The maximum absolute atomic E-state index is 13.6. The smallest absolute Gasteiger partial charge is 0.142 e. The van der Waals surface area contributed by atoms with Crippen LogP contribution in [-0.2, 0) is 0 Å². The van der Waals surface area contributed by atoms with Crippen LogP contribution in [-0.4, -0.2) is 7.05 Å². The lowest BCUT2D eigenvalue weighted by atomic mass is 10.0. The highest BCUT2D eigenvalue weighted by Crippen LogP contribution is 2.26. The van der Waals surface area contributed by atoms with Crippen molar-refractivity contribution in [1.29, 1.82) is 0 Å². The average Bonchev–Trinajstić information content (AvgIpc) is 2.30. The Kier molecular flexibility index (Phi) is 5.40. The predicted molar refractivity (Wildman–Crippen MR) is 65.9 cm³/mol. The highest BCUT2D eigenvalue weighted by atomic mass is 35.5. The Balaban J connectivity index is 2.93. The molecule has 0 aliphatic rings. The van der Waals surface area contributed by atoms with Crippen LogP contribution in [0.4, 0.5) is 8.78 Å². The third-order valence-corrected chi connectivity index (χ3v) is 2.79. The summed E-state index contributed by atoms with van der Waals surface area (Å²) in [5, 5.41) is 2.75. The Morgan fingerprint density at radius 2 is 2.06 bits per heavy atom. The highest BCUT2D eigenvalue weighted by molar-refractivity contribution is 6.30. The van der Waals surface area contributed by atoms with Gasteiger partial charge < -0.3 is 5.32 Å². The van der Waals surface area contributed by atoms with E-state index in [9.17, 15) is 8.78 Å². The topological polar surface area (TPSA) is 12.0 Å². The lowest BCUT2D eigenvalue weighted by Gasteiger charge is -2.16. The van der Waals surface area contributed by atoms with E-state index in [1.807, 2.05) is 0 Å². The number of rotatable bonds is 4. The molecule has 0 radical (unpaired) electrons. The molecule has 0 saturated carbocycles. The molecule has 1 atom stereocenters. The quantitative estimate of drug-likeness (QED) is 0.641. The minimum atomic E-state index is -0.607. The van der Waals surface area contributed by atoms with Crippen molar-refractivity contribution in [1.82, 2.24) is 5.32 Å². The molecule has 0 spiro atoms. The van der Waals surface area contributed by atoms with E-state index in [0.717, 1.165) is 12.1 Å². The predicted octanol–water partition coefficient (Wildman–Crippen LogP) is 3.68. The number of nitrogens with one attached hydrogen (secondary N) is 1. The minimum Gasteiger partial charge on any atom is -0.313 e. The number of halogens is 3. The fourth-order valence-corrected chi connectivity index (χ4v) is 1.75. The second-order valence-corrected chi connectivity index (χ2v) is 4.00. The molecule has 92 valence electrons. The fraction of sp³-hybridized carbons (Fsp3) is 0.385. The first-order valence-corrected chi connectivity index (χ1v) is 5.69. The van der Waals surface area contributed by atoms with Crippen LogP contribution in [0.15, 0.2) is 12.1 Å². The summed E-state index contributed by atoms with van der Waals surface area (Å²) < 4.78 is 26.9. The summed E-state index contributed by atoms with van der Waals surface area (Å²) in [5.74, 6) is 4.56. The van der Waals surface area contributed by atoms with E-state index in [1.54, 1.807) is 14.0 Å². The van der Waals surface area contributed by atoms with Crippen LogP contribution >= 0.6 is 11.6 Å². The van der Waals surface area contributed by atoms with Crippen molar-refractivity contribution in [3.63, 3.8) is 0 Å². The first-order valence-electron chi connectivity index (χ1n) is 5.31. The van der Waals surface area contributed by atoms with E-state index in [4.69, 9.17) is 11.6 Å². The molecule has 0 aromatic heterocycles. The summed E-state index contributed by atoms with van der Waals surface area (Å²) in [5.41, 5.74) is 0.285. The normalized spacial score (nSPS) is 11.8. The van der Waals surface area contributed by atoms with Gasteiger partial charge in [-0.1, -0.05) is 11.6 Å². The minimum absolute atomic E-state index is 0.200. The van der Waals surface area contributed by atoms with E-state index in [0.29, 0.717) is 12.8 Å². The zero-order valence-electron chi connectivity index (χ0n) is 9.78. The van der Waals surface area contributed by atoms with Gasteiger partial charge in [-0.2, -0.15) is 0 Å². The van der Waals surface area contributed by atoms with Gasteiger partial charge >= 0.3 is 0 Å². The Morgan fingerprint density at radius 1 is 1.35 bits per heavy atom. The Morgan fingerprint density at radius 3 is 2.65 bits per heavy atom. The molecule has 0 fully saturated rings. The Labute approximate surface area is 105 Å². The third kappa shape index (κ3) is 3.69. The molecular weight excluding hydrogens is 244 g/mol. The third-order valence-electron chi connectivity index (χ3n) is 2.50. The first-order chi connectivity index (χ1) is 8.10. The molecule has 1 nitrogen and oxygen atoms in total. The molecule has 1 aromatic rings. The van der Waals surface area contributed by atoms with Crippen molar-refractivity contribution in [3.05, 3.63) is 34.4 Å². The molecular formula is C13H14ClF2N. The van der Waals surface area contributed by atoms with Crippen LogP contribution in [0.2, 0.25) is 5.02 Å². The summed E-state index contributed by atoms with van der Waals surface area (Å²) in [6.07, 6.45) is 1.25. The zero-order chi connectivity index (χ0) is 12.8. The van der Waals surface area contributed by atoms with Gasteiger partial charge in [-0.15, -0.1) is 11.8 Å². The maximum Gasteiger partial charge on any atom is 0.142 e. The van der Waals surface area contributed by atoms with E-state index in [1.165, 1.54) is 0 Å². The SMILES string of the molecule is CC#CCCC(NC)c1cc(F)c(Cl)cc1F. The van der Waals surface area contributed by atoms with Gasteiger partial charge in [0.1, 0.15) is 11.6 Å². The monoisotopic (exact) mass is 257 g/mol. The number of hydrogen-bond acceptors (Lipinski definition) is 1. The van der Waals surface area contributed by atoms with Gasteiger partial charge in [0.15, 0.2) is 0 Å². The lowest BCUT2D eigenvalue weighted by molar-refractivity contribution is 0.506. The highest BCUT2D eigenvalue weighted by Gasteiger charge is 2.16. The van der Waals surface area contributed by atoms with Crippen LogP contribution in [0.25, 0.3) is 0 Å². The van der Waals surface area contributed by atoms with E-state index in [-0.39, 0.29) is 16.6 Å². The Hall–Kier alpha value is -1.11. The van der Waals surface area contributed by atoms with Crippen molar-refractivity contribution in [2.75, 3.05) is 7.05 Å². The summed E-state index contributed by atoms with van der Waals surface area (Å²) in [6.45, 7) is 1.75. The summed E-state index contributed by atoms with van der Waals surface area (Å²) in [4.78, 5) is 0. The molecule has 0 aliphatic heterocycles. The van der Waals surface area contributed by atoms with Gasteiger partial charge in [0, 0.05) is 18.0 Å². The lowest BCUT2D eigenvalue weighted by Crippen LogP contribution is -2.17. The standard InChI is InChI=1S/C13H14ClF2N/c1-3-4-5-6-13(17-2)9-7-12(16)10(14)8-11(9)15/h7-8,13,17H,5-6H2,1-2H3. The average molecular weight is 258 g/mol. The van der Waals surface area contributed by atoms with Gasteiger partial charge in [0.25, 0.3) is 0 Å². The van der Waals surface area contributed by atoms with Gasteiger partial charge in [0.05, 0.1) is 5.02 Å². The van der Waals surface area contributed by atoms with Crippen molar-refractivity contribution < 1.29 is 8.78 Å². The van der Waals surface area contributed by atoms with Crippen LogP contribution in [0.5, 0.6) is 0 Å². The maximum atomic E-state index is 13.6. The molecule has 4 heteroatoms. The van der Waals surface area contributed by atoms with Gasteiger partial charge in [-0.25, -0.2) is 8.78 Å². The first kappa shape index (κ1) is 14.0. The van der Waals surface area contributed by atoms with E-state index < -0.39 is 11.6 Å². The zero-order valence-corrected chi connectivity index (χ0v) is 10.5. The van der Waals surface area contributed by atoms with Crippen LogP contribution < -0.4 is 5.32 Å². The molecule has 17 heavy (non-hydrogen) atoms. The van der Waals surface area contributed by atoms with Crippen molar-refractivity contribution in [3.8, 4) is 11.8 Å². The molecule has 1 rings (SSSR count). The molecule has 0 aliphatic carbocycles. The van der Waals surface area contributed by atoms with Crippen LogP contribution in [0.3, 0.4) is 0 Å². The van der Waals surface area contributed by atoms with Gasteiger partial charge in [-0.05, 0) is 32.5 Å². The second kappa shape index (κ2) is 6.58. The number of benzene rings is 1. The largest absolute Gasteiger partial charge is 0.313 e. The molecule has 1 unspecified atom stereocenters. The van der Waals surface area contributed by atoms with E-state index in [2.05, 4.69) is 17.2 Å². The molecule has 0 bridgehead atoms. The second-order valence-electron chi connectivity index (χ2n) is 3.59. The number of hydrogen-bond donors (Lipinski definition) is 1. The summed E-state index contributed by atoms with van der Waals surface area (Å²) in [7, 11) is 1.70. The van der Waals surface area contributed by atoms with Crippen LogP contribution in [0.1, 0.15) is 31.4 Å². The van der Waals surface area contributed by atoms with Crippen LogP contribution in [0, 0.1) is 23.5 Å². The summed E-state index contributed by atoms with van der Waals surface area (Å²) >= 11 is 5.50. The van der Waals surface area contributed by atoms with Crippen molar-refractivity contribution >= 4 is 11.6 Å². The van der Waals surface area contributed by atoms with Crippen molar-refractivity contribution in [2.45, 2.75) is 25.8 Å². The molecule has 0 heterocycles.